The van der Waals surface area contributed by atoms with Gasteiger partial charge in [-0.15, -0.1) is 0 Å². The molecule has 0 aromatic heterocycles. The van der Waals surface area contributed by atoms with E-state index < -0.39 is 11.7 Å². The van der Waals surface area contributed by atoms with Gasteiger partial charge in [0, 0.05) is 0 Å². The highest BCUT2D eigenvalue weighted by molar-refractivity contribution is 5.27. The lowest BCUT2D eigenvalue weighted by Gasteiger charge is -2.21. The van der Waals surface area contributed by atoms with Crippen LogP contribution < -0.4 is 5.32 Å². The van der Waals surface area contributed by atoms with Gasteiger partial charge in [0.05, 0.1) is 11.6 Å². The van der Waals surface area contributed by atoms with Gasteiger partial charge in [-0.2, -0.15) is 13.2 Å². The summed E-state index contributed by atoms with van der Waals surface area (Å²) in [6.45, 7) is 0. The van der Waals surface area contributed by atoms with E-state index in [4.69, 9.17) is 0 Å². The number of alkyl halides is 3. The van der Waals surface area contributed by atoms with Crippen LogP contribution in [0.1, 0.15) is 30.0 Å². The number of halogens is 3. The molecule has 4 heteroatoms. The molecule has 0 spiro atoms. The molecular weight excluding hydrogens is 215 g/mol. The van der Waals surface area contributed by atoms with Crippen LogP contribution in [0.15, 0.2) is 36.5 Å². The second kappa shape index (κ2) is 4.20. The first-order valence-corrected chi connectivity index (χ1v) is 5.15. The Hall–Kier alpha value is -1.45. The Labute approximate surface area is 92.0 Å². The van der Waals surface area contributed by atoms with Gasteiger partial charge in [0.15, 0.2) is 0 Å². The molecule has 1 aromatic carbocycles. The maximum absolute atomic E-state index is 12.3. The van der Waals surface area contributed by atoms with Gasteiger partial charge in [0.1, 0.15) is 0 Å². The minimum atomic E-state index is -4.25. The van der Waals surface area contributed by atoms with E-state index in [1.807, 2.05) is 12.3 Å². The molecule has 1 N–H and O–H groups in total. The molecule has 1 aromatic rings. The summed E-state index contributed by atoms with van der Waals surface area (Å²) in [4.78, 5) is 0. The monoisotopic (exact) mass is 227 g/mol. The summed E-state index contributed by atoms with van der Waals surface area (Å²) in [6.07, 6.45) is 1.49. The number of rotatable bonds is 1. The SMILES string of the molecule is FC(F)(F)c1ccc(C2CCC=CN2)cc1. The normalized spacial score (nSPS) is 20.6. The first-order valence-electron chi connectivity index (χ1n) is 5.15. The first-order chi connectivity index (χ1) is 7.57. The van der Waals surface area contributed by atoms with Gasteiger partial charge in [0.25, 0.3) is 0 Å². The fourth-order valence-corrected chi connectivity index (χ4v) is 1.78. The number of allylic oxidation sites excluding steroid dienone is 1. The smallest absolute Gasteiger partial charge is 0.384 e. The predicted molar refractivity (Wildman–Crippen MR) is 55.7 cm³/mol. The van der Waals surface area contributed by atoms with E-state index in [1.165, 1.54) is 0 Å². The standard InChI is InChI=1S/C12H12F3N/c13-12(14,15)10-6-4-9(5-7-10)11-3-1-2-8-16-11/h2,4-8,11,16H,1,3H2. The third kappa shape index (κ3) is 2.38. The van der Waals surface area contributed by atoms with Crippen molar-refractivity contribution in [2.75, 3.05) is 0 Å². The second-order valence-electron chi connectivity index (χ2n) is 3.82. The number of hydrogen-bond donors (Lipinski definition) is 1. The Balaban J connectivity index is 2.16. The maximum atomic E-state index is 12.3. The lowest BCUT2D eigenvalue weighted by atomic mass is 9.99. The van der Waals surface area contributed by atoms with Crippen LogP contribution in [0.3, 0.4) is 0 Å². The number of nitrogens with one attached hydrogen (secondary N) is 1. The average molecular weight is 227 g/mol. The molecule has 1 aliphatic rings. The fourth-order valence-electron chi connectivity index (χ4n) is 1.78. The van der Waals surface area contributed by atoms with Crippen molar-refractivity contribution in [2.45, 2.75) is 25.1 Å². The van der Waals surface area contributed by atoms with Crippen molar-refractivity contribution in [3.63, 3.8) is 0 Å². The van der Waals surface area contributed by atoms with Crippen LogP contribution >= 0.6 is 0 Å². The lowest BCUT2D eigenvalue weighted by molar-refractivity contribution is -0.137. The summed E-state index contributed by atoms with van der Waals surface area (Å²) in [5.74, 6) is 0. The van der Waals surface area contributed by atoms with Gasteiger partial charge in [-0.3, -0.25) is 0 Å². The number of benzene rings is 1. The van der Waals surface area contributed by atoms with E-state index in [9.17, 15) is 13.2 Å². The van der Waals surface area contributed by atoms with E-state index in [0.717, 1.165) is 30.5 Å². The van der Waals surface area contributed by atoms with Gasteiger partial charge < -0.3 is 5.32 Å². The Bertz CT molecular complexity index is 378. The van der Waals surface area contributed by atoms with Crippen LogP contribution in [0.5, 0.6) is 0 Å². The minimum absolute atomic E-state index is 0.132. The third-order valence-electron chi connectivity index (χ3n) is 2.68. The van der Waals surface area contributed by atoms with Crippen LogP contribution in [0.4, 0.5) is 13.2 Å². The highest BCUT2D eigenvalue weighted by atomic mass is 19.4. The molecule has 2 rings (SSSR count). The van der Waals surface area contributed by atoms with Crippen molar-refractivity contribution in [1.29, 1.82) is 0 Å². The fraction of sp³-hybridized carbons (Fsp3) is 0.333. The van der Waals surface area contributed by atoms with Gasteiger partial charge in [0.2, 0.25) is 0 Å². The number of hydrogen-bond acceptors (Lipinski definition) is 1. The van der Waals surface area contributed by atoms with Crippen molar-refractivity contribution in [1.82, 2.24) is 5.32 Å². The third-order valence-corrected chi connectivity index (χ3v) is 2.68. The van der Waals surface area contributed by atoms with Crippen molar-refractivity contribution < 1.29 is 13.2 Å². The topological polar surface area (TPSA) is 12.0 Å². The van der Waals surface area contributed by atoms with Crippen LogP contribution in [0, 0.1) is 0 Å². The molecule has 0 saturated carbocycles. The van der Waals surface area contributed by atoms with Crippen molar-refractivity contribution in [2.24, 2.45) is 0 Å². The summed E-state index contributed by atoms with van der Waals surface area (Å²) >= 11 is 0. The lowest BCUT2D eigenvalue weighted by Crippen LogP contribution is -2.18. The van der Waals surface area contributed by atoms with E-state index in [-0.39, 0.29) is 6.04 Å². The molecule has 0 radical (unpaired) electrons. The van der Waals surface area contributed by atoms with Gasteiger partial charge in [-0.25, -0.2) is 0 Å². The molecule has 0 amide bonds. The van der Waals surface area contributed by atoms with E-state index in [1.54, 1.807) is 12.1 Å². The first kappa shape index (κ1) is 11.0. The predicted octanol–water partition coefficient (Wildman–Crippen LogP) is 3.64. The molecule has 0 aliphatic carbocycles. The van der Waals surface area contributed by atoms with Crippen LogP contribution in [0.25, 0.3) is 0 Å². The maximum Gasteiger partial charge on any atom is 0.416 e. The summed E-state index contributed by atoms with van der Waals surface area (Å²) < 4.78 is 37.0. The molecule has 1 heterocycles. The zero-order valence-electron chi connectivity index (χ0n) is 8.59. The van der Waals surface area contributed by atoms with Gasteiger partial charge in [-0.05, 0) is 36.7 Å². The van der Waals surface area contributed by atoms with E-state index in [0.29, 0.717) is 0 Å². The quantitative estimate of drug-likeness (QED) is 0.772. The van der Waals surface area contributed by atoms with Crippen molar-refractivity contribution in [3.8, 4) is 0 Å². The van der Waals surface area contributed by atoms with Gasteiger partial charge >= 0.3 is 6.18 Å². The molecule has 1 nitrogen and oxygen atoms in total. The molecule has 16 heavy (non-hydrogen) atoms. The van der Waals surface area contributed by atoms with Crippen molar-refractivity contribution in [3.05, 3.63) is 47.7 Å². The molecule has 0 saturated heterocycles. The summed E-state index contributed by atoms with van der Waals surface area (Å²) in [5.41, 5.74) is 0.306. The van der Waals surface area contributed by atoms with Gasteiger partial charge in [-0.1, -0.05) is 18.2 Å². The molecular formula is C12H12F3N. The summed E-state index contributed by atoms with van der Waals surface area (Å²) in [6, 6.07) is 5.48. The Morgan fingerprint density at radius 3 is 2.31 bits per heavy atom. The molecule has 0 fully saturated rings. The summed E-state index contributed by atoms with van der Waals surface area (Å²) in [7, 11) is 0. The zero-order chi connectivity index (χ0) is 11.6. The van der Waals surface area contributed by atoms with Crippen LogP contribution in [0.2, 0.25) is 0 Å². The molecule has 86 valence electrons. The van der Waals surface area contributed by atoms with E-state index >= 15 is 0 Å². The molecule has 1 unspecified atom stereocenters. The Kier molecular flexibility index (Phi) is 2.90. The molecule has 1 aliphatic heterocycles. The van der Waals surface area contributed by atoms with Crippen LogP contribution in [-0.4, -0.2) is 0 Å². The highest BCUT2D eigenvalue weighted by Crippen LogP contribution is 2.30. The van der Waals surface area contributed by atoms with Crippen LogP contribution in [-0.2, 0) is 6.18 Å². The second-order valence-corrected chi connectivity index (χ2v) is 3.82. The molecule has 0 bridgehead atoms. The average Bonchev–Trinajstić information content (AvgIpc) is 2.29. The Morgan fingerprint density at radius 2 is 1.81 bits per heavy atom. The van der Waals surface area contributed by atoms with Crippen molar-refractivity contribution >= 4 is 0 Å². The Morgan fingerprint density at radius 1 is 1.12 bits per heavy atom. The van der Waals surface area contributed by atoms with E-state index in [2.05, 4.69) is 5.32 Å². The highest BCUT2D eigenvalue weighted by Gasteiger charge is 2.30. The largest absolute Gasteiger partial charge is 0.416 e. The molecule has 1 atom stereocenters. The minimum Gasteiger partial charge on any atom is -0.384 e. The zero-order valence-corrected chi connectivity index (χ0v) is 8.59. The summed E-state index contributed by atoms with van der Waals surface area (Å²) in [5, 5.41) is 3.13.